The van der Waals surface area contributed by atoms with E-state index in [1.807, 2.05) is 0 Å². The second-order valence-electron chi connectivity index (χ2n) is 3.59. The van der Waals surface area contributed by atoms with Gasteiger partial charge in [0.25, 0.3) is 0 Å². The minimum Gasteiger partial charge on any atom is -0.0882 e. The van der Waals surface area contributed by atoms with Crippen LogP contribution in [-0.4, -0.2) is 0 Å². The van der Waals surface area contributed by atoms with Gasteiger partial charge >= 0.3 is 0 Å². The molecule has 0 aromatic carbocycles. The average Bonchev–Trinajstić information content (AvgIpc) is 2.11. The van der Waals surface area contributed by atoms with Crippen LogP contribution in [0.2, 0.25) is 0 Å². The first-order valence-electron chi connectivity index (χ1n) is 4.92. The maximum absolute atomic E-state index is 2.32. The van der Waals surface area contributed by atoms with Crippen LogP contribution in [-0.2, 0) is 0 Å². The fourth-order valence-corrected chi connectivity index (χ4v) is 0.907. The van der Waals surface area contributed by atoms with E-state index in [4.69, 9.17) is 0 Å². The molecule has 0 radical (unpaired) electrons. The Morgan fingerprint density at radius 3 is 2.25 bits per heavy atom. The summed E-state index contributed by atoms with van der Waals surface area (Å²) in [7, 11) is 0. The number of hydrogen-bond donors (Lipinski definition) is 0. The Balaban J connectivity index is 3.99. The fraction of sp³-hybridized carbons (Fsp3) is 0.667. The summed E-state index contributed by atoms with van der Waals surface area (Å²) in [6, 6.07) is 0. The molecule has 0 aromatic rings. The van der Waals surface area contributed by atoms with Crippen LogP contribution in [0.1, 0.15) is 41.0 Å². The van der Waals surface area contributed by atoms with Crippen LogP contribution in [0.15, 0.2) is 23.8 Å². The van der Waals surface area contributed by atoms with Crippen LogP contribution in [0, 0.1) is 11.8 Å². The third kappa shape index (κ3) is 4.38. The molecule has 0 amide bonds. The lowest BCUT2D eigenvalue weighted by atomic mass is 9.99. The van der Waals surface area contributed by atoms with Gasteiger partial charge in [0.1, 0.15) is 0 Å². The van der Waals surface area contributed by atoms with E-state index in [1.165, 1.54) is 12.0 Å². The highest BCUT2D eigenvalue weighted by Gasteiger charge is 1.98. The van der Waals surface area contributed by atoms with Crippen LogP contribution in [0.5, 0.6) is 0 Å². The molecule has 0 spiro atoms. The van der Waals surface area contributed by atoms with Gasteiger partial charge in [0.05, 0.1) is 0 Å². The first-order chi connectivity index (χ1) is 5.61. The molecule has 0 saturated heterocycles. The van der Waals surface area contributed by atoms with E-state index < -0.39 is 0 Å². The van der Waals surface area contributed by atoms with Crippen LogP contribution in [0.3, 0.4) is 0 Å². The predicted octanol–water partition coefficient (Wildman–Crippen LogP) is 4.19. The number of allylic oxidation sites excluding steroid dienone is 4. The van der Waals surface area contributed by atoms with Gasteiger partial charge in [0.2, 0.25) is 0 Å². The van der Waals surface area contributed by atoms with Gasteiger partial charge in [0.15, 0.2) is 0 Å². The molecular weight excluding hydrogens is 144 g/mol. The van der Waals surface area contributed by atoms with E-state index in [-0.39, 0.29) is 0 Å². The average molecular weight is 166 g/mol. The third-order valence-corrected chi connectivity index (χ3v) is 2.55. The zero-order chi connectivity index (χ0) is 9.56. The minimum absolute atomic E-state index is 0.601. The Labute approximate surface area is 77.4 Å². The molecule has 0 N–H and O–H groups in total. The molecule has 0 fully saturated rings. The standard InChI is InChI=1S/C12H22/c1-6-10(3)8-9-12(5)11(4)7-2/h7-10,12H,6H2,1-5H3. The topological polar surface area (TPSA) is 0 Å². The lowest BCUT2D eigenvalue weighted by Crippen LogP contribution is -1.93. The SMILES string of the molecule is CC=C(C)C(C)C=CC(C)CC. The van der Waals surface area contributed by atoms with Crippen LogP contribution in [0.4, 0.5) is 0 Å². The quantitative estimate of drug-likeness (QED) is 0.549. The second kappa shape index (κ2) is 6.05. The van der Waals surface area contributed by atoms with Crippen molar-refractivity contribution < 1.29 is 0 Å². The molecule has 0 aromatic heterocycles. The van der Waals surface area contributed by atoms with Crippen LogP contribution in [0.25, 0.3) is 0 Å². The summed E-state index contributed by atoms with van der Waals surface area (Å²) in [5.74, 6) is 1.32. The number of rotatable bonds is 4. The highest BCUT2D eigenvalue weighted by Crippen LogP contribution is 2.13. The zero-order valence-corrected chi connectivity index (χ0v) is 9.09. The Hall–Kier alpha value is -0.520. The fourth-order valence-electron chi connectivity index (χ4n) is 0.907. The maximum atomic E-state index is 2.32. The van der Waals surface area contributed by atoms with E-state index in [2.05, 4.69) is 52.8 Å². The molecule has 2 unspecified atom stereocenters. The van der Waals surface area contributed by atoms with E-state index in [1.54, 1.807) is 0 Å². The van der Waals surface area contributed by atoms with E-state index in [0.717, 1.165) is 5.92 Å². The molecule has 0 aliphatic rings. The molecule has 0 aliphatic carbocycles. The molecule has 0 rings (SSSR count). The molecule has 0 heteroatoms. The molecule has 12 heavy (non-hydrogen) atoms. The Morgan fingerprint density at radius 2 is 1.83 bits per heavy atom. The molecule has 0 saturated carbocycles. The van der Waals surface area contributed by atoms with Crippen molar-refractivity contribution in [1.29, 1.82) is 0 Å². The lowest BCUT2D eigenvalue weighted by molar-refractivity contribution is 0.688. The first-order valence-corrected chi connectivity index (χ1v) is 4.92. The summed E-state index contributed by atoms with van der Waals surface area (Å²) < 4.78 is 0. The molecular formula is C12H22. The van der Waals surface area contributed by atoms with Crippen molar-refractivity contribution in [3.05, 3.63) is 23.8 Å². The van der Waals surface area contributed by atoms with Gasteiger partial charge in [-0.15, -0.1) is 0 Å². The Kier molecular flexibility index (Phi) is 5.79. The van der Waals surface area contributed by atoms with Crippen molar-refractivity contribution in [1.82, 2.24) is 0 Å². The summed E-state index contributed by atoms with van der Waals surface area (Å²) in [5.41, 5.74) is 1.45. The van der Waals surface area contributed by atoms with E-state index in [0.29, 0.717) is 5.92 Å². The molecule has 70 valence electrons. The van der Waals surface area contributed by atoms with Crippen molar-refractivity contribution in [3.8, 4) is 0 Å². The van der Waals surface area contributed by atoms with E-state index >= 15 is 0 Å². The minimum atomic E-state index is 0.601. The van der Waals surface area contributed by atoms with E-state index in [9.17, 15) is 0 Å². The molecule has 0 aliphatic heterocycles. The lowest BCUT2D eigenvalue weighted by Gasteiger charge is -2.07. The first kappa shape index (κ1) is 11.5. The van der Waals surface area contributed by atoms with Crippen molar-refractivity contribution >= 4 is 0 Å². The monoisotopic (exact) mass is 166 g/mol. The van der Waals surface area contributed by atoms with Gasteiger partial charge in [-0.25, -0.2) is 0 Å². The van der Waals surface area contributed by atoms with Gasteiger partial charge in [-0.1, -0.05) is 51.0 Å². The van der Waals surface area contributed by atoms with Crippen molar-refractivity contribution in [2.24, 2.45) is 11.8 Å². The van der Waals surface area contributed by atoms with Gasteiger partial charge < -0.3 is 0 Å². The largest absolute Gasteiger partial charge is 0.0882 e. The smallest absolute Gasteiger partial charge is 0.00544 e. The van der Waals surface area contributed by atoms with Crippen molar-refractivity contribution in [3.63, 3.8) is 0 Å². The molecule has 0 nitrogen and oxygen atoms in total. The van der Waals surface area contributed by atoms with Gasteiger partial charge in [-0.3, -0.25) is 0 Å². The van der Waals surface area contributed by atoms with Crippen molar-refractivity contribution in [2.75, 3.05) is 0 Å². The number of hydrogen-bond acceptors (Lipinski definition) is 0. The molecule has 0 heterocycles. The Morgan fingerprint density at radius 1 is 1.25 bits per heavy atom. The van der Waals surface area contributed by atoms with Gasteiger partial charge in [-0.2, -0.15) is 0 Å². The summed E-state index contributed by atoms with van der Waals surface area (Å²) >= 11 is 0. The third-order valence-electron chi connectivity index (χ3n) is 2.55. The van der Waals surface area contributed by atoms with Gasteiger partial charge in [0, 0.05) is 0 Å². The second-order valence-corrected chi connectivity index (χ2v) is 3.59. The normalized spacial score (nSPS) is 18.2. The zero-order valence-electron chi connectivity index (χ0n) is 9.09. The summed E-state index contributed by atoms with van der Waals surface area (Å²) in [4.78, 5) is 0. The highest BCUT2D eigenvalue weighted by atomic mass is 14.0. The van der Waals surface area contributed by atoms with Crippen molar-refractivity contribution in [2.45, 2.75) is 41.0 Å². The molecule has 2 atom stereocenters. The maximum Gasteiger partial charge on any atom is -0.00544 e. The summed E-state index contributed by atoms with van der Waals surface area (Å²) in [6.07, 6.45) is 8.05. The highest BCUT2D eigenvalue weighted by molar-refractivity contribution is 5.08. The predicted molar refractivity (Wildman–Crippen MR) is 57.2 cm³/mol. The molecule has 0 bridgehead atoms. The van der Waals surface area contributed by atoms with Crippen LogP contribution >= 0.6 is 0 Å². The Bertz CT molecular complexity index is 163. The van der Waals surface area contributed by atoms with Gasteiger partial charge in [-0.05, 0) is 25.7 Å². The summed E-state index contributed by atoms with van der Waals surface area (Å²) in [6.45, 7) is 11.0. The summed E-state index contributed by atoms with van der Waals surface area (Å²) in [5, 5.41) is 0. The van der Waals surface area contributed by atoms with Crippen LogP contribution < -0.4 is 0 Å².